The smallest absolute Gasteiger partial charge is 0.159 e. The number of aromatic nitrogens is 2. The largest absolute Gasteiger partial charge is 0.344 e. The first-order chi connectivity index (χ1) is 27.8. The zero-order valence-electron chi connectivity index (χ0n) is 30.4. The van der Waals surface area contributed by atoms with Gasteiger partial charge in [-0.3, -0.25) is 0 Å². The fourth-order valence-corrected chi connectivity index (χ4v) is 8.33. The van der Waals surface area contributed by atoms with Crippen LogP contribution in [0.1, 0.15) is 22.9 Å². The number of rotatable bonds is 6. The van der Waals surface area contributed by atoms with Crippen molar-refractivity contribution in [1.29, 1.82) is 0 Å². The van der Waals surface area contributed by atoms with Crippen molar-refractivity contribution in [3.63, 3.8) is 0 Å². The third kappa shape index (κ3) is 5.32. The van der Waals surface area contributed by atoms with Crippen LogP contribution in [0.5, 0.6) is 0 Å². The normalized spacial score (nSPS) is 14.2. The van der Waals surface area contributed by atoms with Crippen molar-refractivity contribution in [2.75, 3.05) is 0 Å². The molecule has 0 amide bonds. The highest BCUT2D eigenvalue weighted by molar-refractivity contribution is 6.19. The maximum atomic E-state index is 5.23. The van der Waals surface area contributed by atoms with Gasteiger partial charge in [-0.25, -0.2) is 9.98 Å². The van der Waals surface area contributed by atoms with Crippen molar-refractivity contribution in [2.45, 2.75) is 6.17 Å². The molecule has 5 heteroatoms. The van der Waals surface area contributed by atoms with Gasteiger partial charge in [0.15, 0.2) is 5.84 Å². The topological polar surface area (TPSA) is 46.6 Å². The fourth-order valence-electron chi connectivity index (χ4n) is 8.33. The van der Waals surface area contributed by atoms with Gasteiger partial charge in [-0.15, -0.1) is 0 Å². The molecule has 0 fully saturated rings. The highest BCUT2D eigenvalue weighted by Gasteiger charge is 2.23. The second-order valence-corrected chi connectivity index (χ2v) is 14.3. The molecule has 3 heterocycles. The lowest BCUT2D eigenvalue weighted by Gasteiger charge is -2.24. The minimum Gasteiger partial charge on any atom is -0.344 e. The molecular formula is C51H35N5. The van der Waals surface area contributed by atoms with E-state index in [1.54, 1.807) is 0 Å². The molecule has 1 N–H and O–H groups in total. The number of hydrogen-bond donors (Lipinski definition) is 1. The van der Waals surface area contributed by atoms with Crippen molar-refractivity contribution in [1.82, 2.24) is 14.5 Å². The quantitative estimate of drug-likeness (QED) is 0.183. The van der Waals surface area contributed by atoms with E-state index in [0.717, 1.165) is 44.9 Å². The lowest BCUT2D eigenvalue weighted by Crippen LogP contribution is -2.33. The second-order valence-electron chi connectivity index (χ2n) is 14.3. The van der Waals surface area contributed by atoms with Gasteiger partial charge in [0.2, 0.25) is 0 Å². The SMILES string of the molecule is c1ccc(-c2ccc(C3=NC(c4cccc(-n5c6ccccc6c6cc7c8ccccc8n(-c8ccccc8)c7cc65)c4)=NC(c4ccccc4)N3)cc2)cc1. The van der Waals surface area contributed by atoms with Crippen molar-refractivity contribution >= 4 is 55.3 Å². The van der Waals surface area contributed by atoms with Crippen LogP contribution in [-0.4, -0.2) is 20.8 Å². The number of aliphatic imine (C=N–C) groups is 2. The zero-order valence-corrected chi connectivity index (χ0v) is 30.4. The Morgan fingerprint density at radius 1 is 0.375 bits per heavy atom. The average molecular weight is 718 g/mol. The van der Waals surface area contributed by atoms with E-state index in [1.807, 2.05) is 12.1 Å². The van der Waals surface area contributed by atoms with Gasteiger partial charge < -0.3 is 14.5 Å². The van der Waals surface area contributed by atoms with Crippen LogP contribution in [0.3, 0.4) is 0 Å². The summed E-state index contributed by atoms with van der Waals surface area (Å²) in [7, 11) is 0. The minimum absolute atomic E-state index is 0.294. The average Bonchev–Trinajstić information content (AvgIpc) is 3.78. The molecule has 11 rings (SSSR count). The Morgan fingerprint density at radius 2 is 0.893 bits per heavy atom. The predicted molar refractivity (Wildman–Crippen MR) is 232 cm³/mol. The van der Waals surface area contributed by atoms with Crippen LogP contribution in [0.15, 0.2) is 210 Å². The fraction of sp³-hybridized carbons (Fsp3) is 0.0196. The van der Waals surface area contributed by atoms with E-state index in [0.29, 0.717) is 5.84 Å². The first-order valence-corrected chi connectivity index (χ1v) is 19.0. The van der Waals surface area contributed by atoms with Crippen molar-refractivity contribution in [3.8, 4) is 22.5 Å². The number of para-hydroxylation sites is 3. The monoisotopic (exact) mass is 717 g/mol. The van der Waals surface area contributed by atoms with Crippen LogP contribution in [0.4, 0.5) is 0 Å². The van der Waals surface area contributed by atoms with Gasteiger partial charge in [0.1, 0.15) is 12.0 Å². The molecule has 1 aliphatic heterocycles. The van der Waals surface area contributed by atoms with E-state index >= 15 is 0 Å². The summed E-state index contributed by atoms with van der Waals surface area (Å²) in [5.41, 5.74) is 12.3. The molecule has 5 nitrogen and oxygen atoms in total. The van der Waals surface area contributed by atoms with E-state index in [1.165, 1.54) is 43.7 Å². The predicted octanol–water partition coefficient (Wildman–Crippen LogP) is 12.0. The Hall–Kier alpha value is -7.50. The first-order valence-electron chi connectivity index (χ1n) is 19.0. The van der Waals surface area contributed by atoms with Crippen LogP contribution < -0.4 is 5.32 Å². The molecular weight excluding hydrogens is 683 g/mol. The van der Waals surface area contributed by atoms with Gasteiger partial charge in [-0.2, -0.15) is 0 Å². The van der Waals surface area contributed by atoms with E-state index in [9.17, 15) is 0 Å². The first kappa shape index (κ1) is 32.0. The molecule has 0 spiro atoms. The van der Waals surface area contributed by atoms with E-state index in [4.69, 9.17) is 9.98 Å². The number of hydrogen-bond acceptors (Lipinski definition) is 3. The Morgan fingerprint density at radius 3 is 1.57 bits per heavy atom. The second kappa shape index (κ2) is 13.1. The maximum absolute atomic E-state index is 5.23. The van der Waals surface area contributed by atoms with Gasteiger partial charge in [0, 0.05) is 44.0 Å². The molecule has 0 saturated carbocycles. The molecule has 1 atom stereocenters. The van der Waals surface area contributed by atoms with Crippen LogP contribution in [-0.2, 0) is 0 Å². The molecule has 8 aromatic carbocycles. The molecule has 0 bridgehead atoms. The van der Waals surface area contributed by atoms with Crippen LogP contribution in [0.2, 0.25) is 0 Å². The number of nitrogens with one attached hydrogen (secondary N) is 1. The summed E-state index contributed by atoms with van der Waals surface area (Å²) in [6, 6.07) is 71.0. The van der Waals surface area contributed by atoms with Gasteiger partial charge in [0.05, 0.1) is 22.1 Å². The van der Waals surface area contributed by atoms with E-state index < -0.39 is 0 Å². The van der Waals surface area contributed by atoms with Crippen LogP contribution >= 0.6 is 0 Å². The number of fused-ring (bicyclic) bond motifs is 6. The summed E-state index contributed by atoms with van der Waals surface area (Å²) in [5.74, 6) is 1.48. The van der Waals surface area contributed by atoms with Crippen LogP contribution in [0.25, 0.3) is 66.1 Å². The molecule has 56 heavy (non-hydrogen) atoms. The number of amidine groups is 2. The molecule has 264 valence electrons. The molecule has 1 unspecified atom stereocenters. The summed E-state index contributed by atoms with van der Waals surface area (Å²) in [6.45, 7) is 0. The molecule has 0 saturated heterocycles. The summed E-state index contributed by atoms with van der Waals surface area (Å²) in [4.78, 5) is 10.4. The van der Waals surface area contributed by atoms with E-state index in [-0.39, 0.29) is 6.17 Å². The maximum Gasteiger partial charge on any atom is 0.159 e. The molecule has 2 aromatic heterocycles. The molecule has 0 radical (unpaired) electrons. The third-order valence-electron chi connectivity index (χ3n) is 11.0. The lowest BCUT2D eigenvalue weighted by molar-refractivity contribution is 0.674. The van der Waals surface area contributed by atoms with Crippen molar-refractivity contribution in [2.24, 2.45) is 9.98 Å². The number of benzene rings is 8. The van der Waals surface area contributed by atoms with Gasteiger partial charge in [0.25, 0.3) is 0 Å². The summed E-state index contributed by atoms with van der Waals surface area (Å²) in [5, 5.41) is 8.56. The summed E-state index contributed by atoms with van der Waals surface area (Å²) < 4.78 is 4.78. The van der Waals surface area contributed by atoms with Crippen molar-refractivity contribution in [3.05, 3.63) is 217 Å². The van der Waals surface area contributed by atoms with Gasteiger partial charge in [-0.05, 0) is 65.2 Å². The zero-order chi connectivity index (χ0) is 37.0. The molecule has 10 aromatic rings. The van der Waals surface area contributed by atoms with Crippen LogP contribution in [0, 0.1) is 0 Å². The Bertz CT molecular complexity index is 3140. The minimum atomic E-state index is -0.294. The molecule has 1 aliphatic rings. The highest BCUT2D eigenvalue weighted by atomic mass is 15.2. The lowest BCUT2D eigenvalue weighted by atomic mass is 10.0. The summed E-state index contributed by atoms with van der Waals surface area (Å²) >= 11 is 0. The van der Waals surface area contributed by atoms with Crippen molar-refractivity contribution < 1.29 is 0 Å². The van der Waals surface area contributed by atoms with Gasteiger partial charge >= 0.3 is 0 Å². The van der Waals surface area contributed by atoms with Gasteiger partial charge in [-0.1, -0.05) is 152 Å². The standard InChI is InChI=1S/C51H35N5/c1-4-15-34(16-5-1)35-27-29-37(30-28-35)50-52-49(36-17-6-2-7-18-36)53-51(54-50)38-19-14-22-40(31-38)56-46-26-13-11-24-42(46)44-32-43-41-23-10-12-25-45(41)55(47(43)33-48(44)56)39-20-8-3-9-21-39/h1-33,49H,(H,52,53,54). The molecule has 0 aliphatic carbocycles. The Labute approximate surface area is 324 Å². The van der Waals surface area contributed by atoms with E-state index in [2.05, 4.69) is 203 Å². The number of nitrogens with zero attached hydrogens (tertiary/aromatic N) is 4. The summed E-state index contributed by atoms with van der Waals surface area (Å²) in [6.07, 6.45) is -0.294. The highest BCUT2D eigenvalue weighted by Crippen LogP contribution is 2.39. The third-order valence-corrected chi connectivity index (χ3v) is 11.0. The Balaban J connectivity index is 1.08. The Kier molecular flexibility index (Phi) is 7.49.